The molecule has 0 aromatic carbocycles. The predicted molar refractivity (Wildman–Crippen MR) is 455 cm³/mol. The number of aliphatic hydroxyl groups excluding tert-OH is 1. The highest BCUT2D eigenvalue weighted by Gasteiger charge is 2.31. The van der Waals surface area contributed by atoms with Crippen LogP contribution in [0.4, 0.5) is 0 Å². The highest BCUT2D eigenvalue weighted by Crippen LogP contribution is 2.45. The Morgan fingerprint density at radius 3 is 0.618 bits per heavy atom. The van der Waals surface area contributed by atoms with Gasteiger partial charge in [0.15, 0.2) is 12.2 Å². The number of aliphatic hydroxyl groups is 1. The minimum atomic E-state index is -4.97. The Kier molecular flexibility index (Phi) is 82.1. The summed E-state index contributed by atoms with van der Waals surface area (Å²) in [6, 6.07) is 0. The summed E-state index contributed by atoms with van der Waals surface area (Å²) < 4.78 is 69.0. The second-order valence-corrected chi connectivity index (χ2v) is 36.1. The fraction of sp³-hybridized carbons (Fsp3) is 0.956. The van der Waals surface area contributed by atoms with Gasteiger partial charge in [0.2, 0.25) is 0 Å². The summed E-state index contributed by atoms with van der Waals surface area (Å²) in [6.45, 7) is 7.43. The maximum atomic E-state index is 13.2. The lowest BCUT2D eigenvalue weighted by Crippen LogP contribution is -2.30. The molecule has 110 heavy (non-hydrogen) atoms. The van der Waals surface area contributed by atoms with E-state index in [2.05, 4.69) is 34.6 Å². The van der Waals surface area contributed by atoms with E-state index in [1.807, 2.05) is 0 Å². The molecule has 0 aromatic heterocycles. The summed E-state index contributed by atoms with van der Waals surface area (Å²) in [7, 11) is -9.93. The van der Waals surface area contributed by atoms with E-state index in [1.54, 1.807) is 0 Å². The van der Waals surface area contributed by atoms with Crippen molar-refractivity contribution in [3.05, 3.63) is 0 Å². The maximum Gasteiger partial charge on any atom is 0.472 e. The third-order valence-electron chi connectivity index (χ3n) is 21.5. The molecular formula is C91H178O17P2. The van der Waals surface area contributed by atoms with E-state index in [9.17, 15) is 43.2 Å². The summed E-state index contributed by atoms with van der Waals surface area (Å²) in [5, 5.41) is 10.7. The lowest BCUT2D eigenvalue weighted by Gasteiger charge is -2.21. The maximum absolute atomic E-state index is 13.2. The van der Waals surface area contributed by atoms with Crippen molar-refractivity contribution >= 4 is 39.5 Å². The number of carbonyl (C=O) groups is 4. The topological polar surface area (TPSA) is 237 Å². The standard InChI is InChI=1S/C91H178O17P2/c1-6-9-12-15-18-21-24-26-28-30-31-32-33-34-39-43-47-52-57-62-67-72-77-91(96)108-87(81-102-89(94)75-70-65-60-55-50-45-42-38-36-35-37-40-44-49-53-58-63-68-73-84(4)5)83-106-110(99,100)104-79-85(92)78-103-109(97,98)105-82-86(80-101-88(93)74-69-64-59-54-48-23-20-17-14-11-8-3)107-90(95)76-71-66-61-56-51-46-41-29-27-25-22-19-16-13-10-7-2/h84-87,92H,6-83H2,1-5H3,(H,97,98)(H,99,100)/t85-,86+,87+/m0/s1. The first-order valence-corrected chi connectivity index (χ1v) is 50.1. The molecule has 19 heteroatoms. The Morgan fingerprint density at radius 2 is 0.418 bits per heavy atom. The molecular weight excluding hydrogens is 1430 g/mol. The number of hydrogen-bond donors (Lipinski definition) is 3. The van der Waals surface area contributed by atoms with Gasteiger partial charge in [0, 0.05) is 25.7 Å². The van der Waals surface area contributed by atoms with Crippen LogP contribution in [0.15, 0.2) is 0 Å². The molecule has 3 N–H and O–H groups in total. The van der Waals surface area contributed by atoms with Crippen molar-refractivity contribution in [2.75, 3.05) is 39.6 Å². The average molecular weight is 1610 g/mol. The second-order valence-electron chi connectivity index (χ2n) is 33.2. The normalized spacial score (nSPS) is 13.7. The molecule has 0 amide bonds. The number of ether oxygens (including phenoxy) is 4. The molecule has 0 fully saturated rings. The highest BCUT2D eigenvalue weighted by atomic mass is 31.2. The number of unbranched alkanes of at least 4 members (excludes halogenated alkanes) is 63. The first-order chi connectivity index (χ1) is 53.5. The Hall–Kier alpha value is -1.94. The quantitative estimate of drug-likeness (QED) is 0.0222. The zero-order chi connectivity index (χ0) is 80.4. The van der Waals surface area contributed by atoms with Crippen molar-refractivity contribution in [3.63, 3.8) is 0 Å². The molecule has 654 valence electrons. The van der Waals surface area contributed by atoms with Crippen LogP contribution in [0.3, 0.4) is 0 Å². The molecule has 5 atom stereocenters. The number of esters is 4. The van der Waals surface area contributed by atoms with E-state index < -0.39 is 97.5 Å². The van der Waals surface area contributed by atoms with Crippen LogP contribution in [0.2, 0.25) is 0 Å². The van der Waals surface area contributed by atoms with Gasteiger partial charge in [-0.2, -0.15) is 0 Å². The van der Waals surface area contributed by atoms with Crippen molar-refractivity contribution in [2.24, 2.45) is 5.92 Å². The molecule has 0 rings (SSSR count). The van der Waals surface area contributed by atoms with E-state index in [1.165, 1.54) is 321 Å². The van der Waals surface area contributed by atoms with Crippen molar-refractivity contribution in [3.8, 4) is 0 Å². The third kappa shape index (κ3) is 84.0. The van der Waals surface area contributed by atoms with Gasteiger partial charge in [-0.05, 0) is 31.6 Å². The Bertz CT molecular complexity index is 2080. The van der Waals surface area contributed by atoms with Gasteiger partial charge in [0.05, 0.1) is 26.4 Å². The SMILES string of the molecule is CCCCCCCCCCCCCCCCCCCCCCCCC(=O)O[C@H](COC(=O)CCCCCCCCCCCCCCCCCCCCC(C)C)COP(=O)(O)OC[C@@H](O)COP(=O)(O)OC[C@@H](COC(=O)CCCCCCCCCCCCC)OC(=O)CCCCCCCCCCCCCCCCCC. The fourth-order valence-corrected chi connectivity index (χ4v) is 15.9. The molecule has 0 saturated heterocycles. The van der Waals surface area contributed by atoms with Crippen LogP contribution in [0.1, 0.15) is 497 Å². The summed E-state index contributed by atoms with van der Waals surface area (Å²) in [6.07, 6.45) is 79.3. The van der Waals surface area contributed by atoms with Gasteiger partial charge in [0.25, 0.3) is 0 Å². The van der Waals surface area contributed by atoms with Gasteiger partial charge in [0.1, 0.15) is 19.3 Å². The Balaban J connectivity index is 5.22. The van der Waals surface area contributed by atoms with E-state index >= 15 is 0 Å². The van der Waals surface area contributed by atoms with Crippen LogP contribution in [0.5, 0.6) is 0 Å². The van der Waals surface area contributed by atoms with Crippen molar-refractivity contribution in [1.82, 2.24) is 0 Å². The summed E-state index contributed by atoms with van der Waals surface area (Å²) >= 11 is 0. The number of carbonyl (C=O) groups excluding carboxylic acids is 4. The first kappa shape index (κ1) is 108. The van der Waals surface area contributed by atoms with Gasteiger partial charge in [-0.25, -0.2) is 9.13 Å². The number of rotatable bonds is 91. The van der Waals surface area contributed by atoms with E-state index in [0.29, 0.717) is 25.7 Å². The van der Waals surface area contributed by atoms with Gasteiger partial charge < -0.3 is 33.8 Å². The van der Waals surface area contributed by atoms with E-state index in [-0.39, 0.29) is 25.7 Å². The summed E-state index contributed by atoms with van der Waals surface area (Å²) in [4.78, 5) is 73.4. The van der Waals surface area contributed by atoms with Crippen molar-refractivity contribution in [2.45, 2.75) is 515 Å². The molecule has 0 aliphatic rings. The van der Waals surface area contributed by atoms with Gasteiger partial charge in [-0.3, -0.25) is 37.3 Å². The number of phosphoric acid groups is 2. The summed E-state index contributed by atoms with van der Waals surface area (Å²) in [5.41, 5.74) is 0. The fourth-order valence-electron chi connectivity index (χ4n) is 14.4. The number of phosphoric ester groups is 2. The molecule has 0 saturated carbocycles. The monoisotopic (exact) mass is 1610 g/mol. The van der Waals surface area contributed by atoms with Gasteiger partial charge in [-0.15, -0.1) is 0 Å². The van der Waals surface area contributed by atoms with E-state index in [4.69, 9.17) is 37.0 Å². The molecule has 0 spiro atoms. The van der Waals surface area contributed by atoms with Gasteiger partial charge >= 0.3 is 39.5 Å². The van der Waals surface area contributed by atoms with Crippen molar-refractivity contribution in [1.29, 1.82) is 0 Å². The molecule has 0 bridgehead atoms. The van der Waals surface area contributed by atoms with E-state index in [0.717, 1.165) is 95.8 Å². The third-order valence-corrected chi connectivity index (χ3v) is 23.4. The van der Waals surface area contributed by atoms with Gasteiger partial charge in [-0.1, -0.05) is 446 Å². The largest absolute Gasteiger partial charge is 0.472 e. The van der Waals surface area contributed by atoms with Crippen LogP contribution >= 0.6 is 15.6 Å². The summed E-state index contributed by atoms with van der Waals surface area (Å²) in [5.74, 6) is -1.27. The second kappa shape index (κ2) is 83.5. The molecule has 0 aliphatic heterocycles. The van der Waals surface area contributed by atoms with Crippen LogP contribution in [0.25, 0.3) is 0 Å². The minimum absolute atomic E-state index is 0.109. The van der Waals surface area contributed by atoms with Crippen LogP contribution in [-0.2, 0) is 65.4 Å². The molecule has 0 heterocycles. The Labute approximate surface area is 677 Å². The molecule has 0 aliphatic carbocycles. The lowest BCUT2D eigenvalue weighted by atomic mass is 10.0. The first-order valence-electron chi connectivity index (χ1n) is 47.1. The molecule has 17 nitrogen and oxygen atoms in total. The zero-order valence-electron chi connectivity index (χ0n) is 72.4. The average Bonchev–Trinajstić information content (AvgIpc) is 0.899. The van der Waals surface area contributed by atoms with Crippen molar-refractivity contribution < 1.29 is 80.2 Å². The molecule has 0 radical (unpaired) electrons. The predicted octanol–water partition coefficient (Wildman–Crippen LogP) is 28.3. The number of hydrogen-bond acceptors (Lipinski definition) is 15. The smallest absolute Gasteiger partial charge is 0.462 e. The minimum Gasteiger partial charge on any atom is -0.462 e. The van der Waals surface area contributed by atoms with Crippen LogP contribution < -0.4 is 0 Å². The zero-order valence-corrected chi connectivity index (χ0v) is 74.2. The van der Waals surface area contributed by atoms with Crippen LogP contribution in [-0.4, -0.2) is 96.7 Å². The molecule has 2 unspecified atom stereocenters. The molecule has 0 aromatic rings. The lowest BCUT2D eigenvalue weighted by molar-refractivity contribution is -0.161. The highest BCUT2D eigenvalue weighted by molar-refractivity contribution is 7.47. The van der Waals surface area contributed by atoms with Crippen LogP contribution in [0, 0.1) is 5.92 Å². The Morgan fingerprint density at radius 1 is 0.245 bits per heavy atom.